The van der Waals surface area contributed by atoms with E-state index in [-0.39, 0.29) is 17.9 Å². The van der Waals surface area contributed by atoms with Crippen molar-refractivity contribution in [3.8, 4) is 0 Å². The van der Waals surface area contributed by atoms with Crippen LogP contribution in [0.3, 0.4) is 0 Å². The van der Waals surface area contributed by atoms with Gasteiger partial charge in [-0.2, -0.15) is 17.9 Å². The number of alkyl halides is 3. The first-order chi connectivity index (χ1) is 17.1. The van der Waals surface area contributed by atoms with Crippen molar-refractivity contribution in [2.75, 3.05) is 6.61 Å². The van der Waals surface area contributed by atoms with Crippen molar-refractivity contribution >= 4 is 33.5 Å². The third kappa shape index (κ3) is 8.64. The molecule has 1 unspecified atom stereocenters. The van der Waals surface area contributed by atoms with Crippen LogP contribution in [0.15, 0.2) is 53.4 Å². The van der Waals surface area contributed by atoms with Gasteiger partial charge in [-0.25, -0.2) is 8.42 Å². The second kappa shape index (κ2) is 11.9. The average Bonchev–Trinajstić information content (AvgIpc) is 2.81. The van der Waals surface area contributed by atoms with E-state index in [1.54, 1.807) is 13.8 Å². The number of nitrogens with zero attached hydrogens (tertiary/aromatic N) is 1. The third-order valence-corrected chi connectivity index (χ3v) is 6.15. The average molecular weight is 545 g/mol. The number of esters is 1. The lowest BCUT2D eigenvalue weighted by atomic mass is 10.1. The minimum absolute atomic E-state index is 0.120. The maximum atomic E-state index is 13.0. The predicted molar refractivity (Wildman–Crippen MR) is 122 cm³/mol. The van der Waals surface area contributed by atoms with Gasteiger partial charge in [0.1, 0.15) is 6.04 Å². The zero-order valence-corrected chi connectivity index (χ0v) is 20.3. The van der Waals surface area contributed by atoms with E-state index in [1.165, 1.54) is 12.1 Å². The normalized spacial score (nSPS) is 12.6. The minimum Gasteiger partial charge on any atom is -0.454 e. The van der Waals surface area contributed by atoms with E-state index in [0.717, 1.165) is 24.3 Å². The molecule has 0 aliphatic heterocycles. The van der Waals surface area contributed by atoms with Crippen molar-refractivity contribution in [2.45, 2.75) is 37.4 Å². The van der Waals surface area contributed by atoms with E-state index >= 15 is 0 Å². The summed E-state index contributed by atoms with van der Waals surface area (Å²) in [4.78, 5) is 46.0. The number of nitro benzene ring substituents is 1. The van der Waals surface area contributed by atoms with E-state index in [9.17, 15) is 46.1 Å². The summed E-state index contributed by atoms with van der Waals surface area (Å²) in [5.41, 5.74) is -1.81. The Kier molecular flexibility index (Phi) is 9.47. The van der Waals surface area contributed by atoms with Crippen LogP contribution in [0, 0.1) is 16.0 Å². The van der Waals surface area contributed by atoms with Gasteiger partial charge < -0.3 is 4.74 Å². The number of halogens is 3. The second-order valence-corrected chi connectivity index (χ2v) is 9.84. The van der Waals surface area contributed by atoms with E-state index in [0.29, 0.717) is 12.1 Å². The van der Waals surface area contributed by atoms with Gasteiger partial charge in [0.25, 0.3) is 17.5 Å². The topological polar surface area (TPSA) is 162 Å². The van der Waals surface area contributed by atoms with Crippen molar-refractivity contribution in [3.63, 3.8) is 0 Å². The molecule has 0 heterocycles. The van der Waals surface area contributed by atoms with Crippen molar-refractivity contribution < 1.29 is 45.6 Å². The molecule has 0 fully saturated rings. The lowest BCUT2D eigenvalue weighted by molar-refractivity contribution is -0.384. The standard InChI is InChI=1S/C22H22F3N3O8S/c1-13(2)9-18(27-37(34,35)17-8-4-6-15(11-17)22(23,24)25)21(31)36-12-19(29)26-20(30)14-5-3-7-16(10-14)28(32)33/h3-8,10-11,13,18,27H,9,12H2,1-2H3,(H,26,29,30). The van der Waals surface area contributed by atoms with E-state index in [1.807, 2.05) is 10.0 Å². The third-order valence-electron chi connectivity index (χ3n) is 4.68. The zero-order chi connectivity index (χ0) is 28.0. The Morgan fingerprint density at radius 1 is 1.08 bits per heavy atom. The van der Waals surface area contributed by atoms with Gasteiger partial charge >= 0.3 is 12.1 Å². The second-order valence-electron chi connectivity index (χ2n) is 8.12. The van der Waals surface area contributed by atoms with Gasteiger partial charge in [-0.05, 0) is 36.6 Å². The summed E-state index contributed by atoms with van der Waals surface area (Å²) in [6, 6.07) is 5.86. The fraction of sp³-hybridized carbons (Fsp3) is 0.318. The smallest absolute Gasteiger partial charge is 0.416 e. The lowest BCUT2D eigenvalue weighted by Crippen LogP contribution is -2.44. The molecule has 0 spiro atoms. The van der Waals surface area contributed by atoms with Crippen LogP contribution in [0.2, 0.25) is 0 Å². The first-order valence-electron chi connectivity index (χ1n) is 10.5. The van der Waals surface area contributed by atoms with Crippen molar-refractivity contribution in [2.24, 2.45) is 5.92 Å². The van der Waals surface area contributed by atoms with Gasteiger partial charge in [-0.1, -0.05) is 26.0 Å². The van der Waals surface area contributed by atoms with Gasteiger partial charge in [0, 0.05) is 17.7 Å². The Morgan fingerprint density at radius 3 is 2.32 bits per heavy atom. The number of imide groups is 1. The Hall–Kier alpha value is -3.85. The summed E-state index contributed by atoms with van der Waals surface area (Å²) >= 11 is 0. The molecule has 0 saturated heterocycles. The van der Waals surface area contributed by atoms with Gasteiger partial charge in [0.15, 0.2) is 6.61 Å². The van der Waals surface area contributed by atoms with Crippen LogP contribution in [0.4, 0.5) is 18.9 Å². The van der Waals surface area contributed by atoms with Gasteiger partial charge in [-0.15, -0.1) is 0 Å². The van der Waals surface area contributed by atoms with Crippen LogP contribution >= 0.6 is 0 Å². The van der Waals surface area contributed by atoms with Gasteiger partial charge in [0.05, 0.1) is 15.4 Å². The number of nitro groups is 1. The monoisotopic (exact) mass is 545 g/mol. The summed E-state index contributed by atoms with van der Waals surface area (Å²) < 4.78 is 71.0. The number of carbonyl (C=O) groups excluding carboxylic acids is 3. The van der Waals surface area contributed by atoms with Gasteiger partial charge in [-0.3, -0.25) is 29.8 Å². The molecule has 0 radical (unpaired) electrons. The van der Waals surface area contributed by atoms with E-state index < -0.39 is 67.7 Å². The molecule has 0 aliphatic carbocycles. The molecule has 0 bridgehead atoms. The molecule has 0 aromatic heterocycles. The maximum Gasteiger partial charge on any atom is 0.416 e. The number of hydrogen-bond acceptors (Lipinski definition) is 8. The molecule has 0 aliphatic rings. The molecule has 2 aromatic carbocycles. The van der Waals surface area contributed by atoms with Crippen molar-refractivity contribution in [1.29, 1.82) is 0 Å². The minimum atomic E-state index is -4.79. The lowest BCUT2D eigenvalue weighted by Gasteiger charge is -2.19. The molecule has 2 N–H and O–H groups in total. The highest BCUT2D eigenvalue weighted by Crippen LogP contribution is 2.30. The van der Waals surface area contributed by atoms with Crippen LogP contribution in [0.25, 0.3) is 0 Å². The first-order valence-corrected chi connectivity index (χ1v) is 12.0. The maximum absolute atomic E-state index is 13.0. The quantitative estimate of drug-likeness (QED) is 0.262. The number of carbonyl (C=O) groups is 3. The highest BCUT2D eigenvalue weighted by Gasteiger charge is 2.33. The number of non-ortho nitro benzene ring substituents is 1. The summed E-state index contributed by atoms with van der Waals surface area (Å²) in [5.74, 6) is -3.59. The molecule has 11 nitrogen and oxygen atoms in total. The van der Waals surface area contributed by atoms with Crippen LogP contribution in [-0.4, -0.2) is 43.8 Å². The first kappa shape index (κ1) is 29.4. The SMILES string of the molecule is CC(C)CC(NS(=O)(=O)c1cccc(C(F)(F)F)c1)C(=O)OCC(=O)NC(=O)c1cccc([N+](=O)[O-])c1. The van der Waals surface area contributed by atoms with Crippen molar-refractivity contribution in [3.05, 3.63) is 69.8 Å². The fourth-order valence-corrected chi connectivity index (χ4v) is 4.23. The number of sulfonamides is 1. The predicted octanol–water partition coefficient (Wildman–Crippen LogP) is 2.81. The fourth-order valence-electron chi connectivity index (χ4n) is 2.99. The molecular formula is C22H22F3N3O8S. The highest BCUT2D eigenvalue weighted by atomic mass is 32.2. The number of benzene rings is 2. The molecule has 15 heteroatoms. The summed E-state index contributed by atoms with van der Waals surface area (Å²) in [5, 5.41) is 12.7. The number of hydrogen-bond donors (Lipinski definition) is 2. The molecule has 200 valence electrons. The Bertz CT molecular complexity index is 1300. The number of ether oxygens (including phenoxy) is 1. The molecule has 2 rings (SSSR count). The van der Waals surface area contributed by atoms with Crippen molar-refractivity contribution in [1.82, 2.24) is 10.0 Å². The highest BCUT2D eigenvalue weighted by molar-refractivity contribution is 7.89. The van der Waals surface area contributed by atoms with Crippen LogP contribution < -0.4 is 10.0 Å². The van der Waals surface area contributed by atoms with Crippen LogP contribution in [0.5, 0.6) is 0 Å². The molecule has 2 aromatic rings. The van der Waals surface area contributed by atoms with Crippen LogP contribution in [-0.2, 0) is 30.5 Å². The molecule has 0 saturated carbocycles. The largest absolute Gasteiger partial charge is 0.454 e. The number of nitrogens with one attached hydrogen (secondary N) is 2. The van der Waals surface area contributed by atoms with Crippen LogP contribution in [0.1, 0.15) is 36.2 Å². The van der Waals surface area contributed by atoms with E-state index in [2.05, 4.69) is 0 Å². The Balaban J connectivity index is 2.08. The number of rotatable bonds is 10. The summed E-state index contributed by atoms with van der Waals surface area (Å²) in [7, 11) is -4.60. The number of amides is 2. The molecule has 37 heavy (non-hydrogen) atoms. The molecule has 1 atom stereocenters. The molecule has 2 amide bonds. The zero-order valence-electron chi connectivity index (χ0n) is 19.4. The summed E-state index contributed by atoms with van der Waals surface area (Å²) in [6.07, 6.45) is -4.91. The molecular weight excluding hydrogens is 523 g/mol. The van der Waals surface area contributed by atoms with E-state index in [4.69, 9.17) is 4.74 Å². The Labute approximate surface area is 209 Å². The Morgan fingerprint density at radius 2 is 1.73 bits per heavy atom. The van der Waals surface area contributed by atoms with Gasteiger partial charge in [0.2, 0.25) is 10.0 Å². The summed E-state index contributed by atoms with van der Waals surface area (Å²) in [6.45, 7) is 2.28.